The summed E-state index contributed by atoms with van der Waals surface area (Å²) in [5.74, 6) is 3.24. The van der Waals surface area contributed by atoms with Crippen molar-refractivity contribution < 1.29 is 14.3 Å². The minimum Gasteiger partial charge on any atom is -0.497 e. The largest absolute Gasteiger partial charge is 0.497 e. The Morgan fingerprint density at radius 3 is 2.50 bits per heavy atom. The van der Waals surface area contributed by atoms with Gasteiger partial charge in [0.25, 0.3) is 0 Å². The maximum absolute atomic E-state index is 11.7. The van der Waals surface area contributed by atoms with Crippen LogP contribution in [0.3, 0.4) is 0 Å². The van der Waals surface area contributed by atoms with Gasteiger partial charge in [-0.1, -0.05) is 12.1 Å². The maximum Gasteiger partial charge on any atom is 0.409 e. The van der Waals surface area contributed by atoms with Crippen LogP contribution < -0.4 is 15.4 Å². The molecule has 10 nitrogen and oxygen atoms in total. The topological polar surface area (TPSA) is 106 Å². The third-order valence-corrected chi connectivity index (χ3v) is 5.70. The van der Waals surface area contributed by atoms with E-state index in [4.69, 9.17) is 14.5 Å². The van der Waals surface area contributed by atoms with Crippen molar-refractivity contribution >= 4 is 12.1 Å². The number of hydrogen-bond acceptors (Lipinski definition) is 6. The highest BCUT2D eigenvalue weighted by atomic mass is 16.5. The van der Waals surface area contributed by atoms with E-state index in [0.717, 1.165) is 49.2 Å². The van der Waals surface area contributed by atoms with Crippen molar-refractivity contribution in [1.82, 2.24) is 30.3 Å². The quantitative estimate of drug-likeness (QED) is 0.495. The summed E-state index contributed by atoms with van der Waals surface area (Å²) >= 11 is 0. The van der Waals surface area contributed by atoms with E-state index >= 15 is 0 Å². The molecule has 1 aliphatic rings. The van der Waals surface area contributed by atoms with Gasteiger partial charge in [-0.25, -0.2) is 9.79 Å². The molecule has 1 amide bonds. The van der Waals surface area contributed by atoms with E-state index in [9.17, 15) is 4.79 Å². The molecule has 1 fully saturated rings. The number of ether oxygens (including phenoxy) is 2. The predicted molar refractivity (Wildman–Crippen MR) is 122 cm³/mol. The Bertz CT molecular complexity index is 903. The van der Waals surface area contributed by atoms with Crippen LogP contribution in [0.4, 0.5) is 4.79 Å². The number of aromatic nitrogens is 3. The van der Waals surface area contributed by atoms with Crippen LogP contribution in [0, 0.1) is 6.92 Å². The summed E-state index contributed by atoms with van der Waals surface area (Å²) in [6.45, 7) is 4.40. The normalized spacial score (nSPS) is 14.9. The zero-order valence-corrected chi connectivity index (χ0v) is 19.3. The molecular formula is C22H33N7O3. The highest BCUT2D eigenvalue weighted by Gasteiger charge is 2.23. The second kappa shape index (κ2) is 11.4. The molecule has 1 aromatic carbocycles. The molecule has 10 heteroatoms. The fraction of sp³-hybridized carbons (Fsp3) is 0.545. The van der Waals surface area contributed by atoms with Crippen LogP contribution in [-0.4, -0.2) is 71.6 Å². The molecule has 0 spiro atoms. The Labute approximate surface area is 189 Å². The van der Waals surface area contributed by atoms with E-state index < -0.39 is 0 Å². The van der Waals surface area contributed by atoms with Crippen LogP contribution in [0.15, 0.2) is 29.3 Å². The van der Waals surface area contributed by atoms with E-state index in [0.29, 0.717) is 19.6 Å². The summed E-state index contributed by atoms with van der Waals surface area (Å²) in [5.41, 5.74) is 1.22. The molecule has 2 aromatic rings. The van der Waals surface area contributed by atoms with Crippen molar-refractivity contribution in [3.8, 4) is 5.75 Å². The highest BCUT2D eigenvalue weighted by molar-refractivity contribution is 5.80. The molecule has 3 rings (SSSR count). The number of methoxy groups -OCH3 is 2. The first-order valence-corrected chi connectivity index (χ1v) is 10.9. The van der Waals surface area contributed by atoms with Crippen LogP contribution in [0.1, 0.15) is 30.1 Å². The van der Waals surface area contributed by atoms with Crippen molar-refractivity contribution in [2.75, 3.05) is 33.9 Å². The van der Waals surface area contributed by atoms with Gasteiger partial charge in [0.15, 0.2) is 11.8 Å². The molecule has 1 aliphatic heterocycles. The van der Waals surface area contributed by atoms with Gasteiger partial charge in [0.05, 0.1) is 14.2 Å². The van der Waals surface area contributed by atoms with Crippen LogP contribution >= 0.6 is 0 Å². The van der Waals surface area contributed by atoms with Gasteiger partial charge in [0.1, 0.15) is 18.1 Å². The number of rotatable bonds is 7. The monoisotopic (exact) mass is 443 g/mol. The average Bonchev–Trinajstić information content (AvgIpc) is 3.15. The molecule has 32 heavy (non-hydrogen) atoms. The maximum atomic E-state index is 11.7. The van der Waals surface area contributed by atoms with Crippen LogP contribution in [0.2, 0.25) is 0 Å². The van der Waals surface area contributed by atoms with E-state index in [1.54, 1.807) is 12.0 Å². The second-order valence-corrected chi connectivity index (χ2v) is 7.79. The van der Waals surface area contributed by atoms with E-state index in [-0.39, 0.29) is 12.1 Å². The lowest BCUT2D eigenvalue weighted by Gasteiger charge is -2.32. The molecule has 174 valence electrons. The number of hydrogen-bond donors (Lipinski definition) is 2. The number of piperidine rings is 1. The Kier molecular flexibility index (Phi) is 8.29. The highest BCUT2D eigenvalue weighted by Crippen LogP contribution is 2.12. The molecule has 2 N–H and O–H groups in total. The van der Waals surface area contributed by atoms with E-state index in [1.807, 2.05) is 30.7 Å². The molecular weight excluding hydrogens is 410 g/mol. The second-order valence-electron chi connectivity index (χ2n) is 7.79. The number of carbonyl (C=O) groups excluding carboxylic acids is 1. The van der Waals surface area contributed by atoms with Gasteiger partial charge in [-0.2, -0.15) is 0 Å². The molecule has 0 unspecified atom stereocenters. The summed E-state index contributed by atoms with van der Waals surface area (Å²) in [6, 6.07) is 8.29. The summed E-state index contributed by atoms with van der Waals surface area (Å²) in [6.07, 6.45) is 2.25. The molecule has 1 aromatic heterocycles. The van der Waals surface area contributed by atoms with Gasteiger partial charge in [-0.05, 0) is 43.9 Å². The Morgan fingerprint density at radius 1 is 1.19 bits per heavy atom. The number of benzene rings is 1. The Hall–Kier alpha value is -3.30. The van der Waals surface area contributed by atoms with Crippen LogP contribution in [0.5, 0.6) is 5.75 Å². The first kappa shape index (κ1) is 23.4. The summed E-state index contributed by atoms with van der Waals surface area (Å²) in [5, 5.41) is 15.2. The fourth-order valence-electron chi connectivity index (χ4n) is 3.54. The summed E-state index contributed by atoms with van der Waals surface area (Å²) in [7, 11) is 5.02. The zero-order valence-electron chi connectivity index (χ0n) is 19.3. The summed E-state index contributed by atoms with van der Waals surface area (Å²) in [4.78, 5) is 18.2. The molecule has 0 saturated carbocycles. The van der Waals surface area contributed by atoms with E-state index in [1.165, 1.54) is 12.7 Å². The SMILES string of the molecule is COC(=O)N1CCC(NC(=NCc2nnc(C)n2C)NCCc2ccc(OC)cc2)CC1. The molecule has 0 aliphatic carbocycles. The lowest BCUT2D eigenvalue weighted by molar-refractivity contribution is 0.111. The van der Waals surface area contributed by atoms with Crippen molar-refractivity contribution in [3.05, 3.63) is 41.5 Å². The number of amides is 1. The Balaban J connectivity index is 1.59. The van der Waals surface area contributed by atoms with Crippen molar-refractivity contribution in [2.24, 2.45) is 12.0 Å². The van der Waals surface area contributed by atoms with Crippen molar-refractivity contribution in [1.29, 1.82) is 0 Å². The number of aliphatic imine (C=N–C) groups is 1. The molecule has 2 heterocycles. The number of aryl methyl sites for hydroxylation is 1. The lowest BCUT2D eigenvalue weighted by atomic mass is 10.1. The minimum absolute atomic E-state index is 0.226. The smallest absolute Gasteiger partial charge is 0.409 e. The minimum atomic E-state index is -0.271. The lowest BCUT2D eigenvalue weighted by Crippen LogP contribution is -2.50. The van der Waals surface area contributed by atoms with Crippen LogP contribution in [-0.2, 0) is 24.8 Å². The fourth-order valence-corrected chi connectivity index (χ4v) is 3.54. The Morgan fingerprint density at radius 2 is 1.91 bits per heavy atom. The standard InChI is InChI=1S/C22H33N7O3/c1-16-26-27-20(28(16)2)15-24-21(23-12-9-17-5-7-19(31-3)8-6-17)25-18-10-13-29(14-11-18)22(30)32-4/h5-8,18H,9-15H2,1-4H3,(H2,23,24,25). The third kappa shape index (κ3) is 6.35. The molecule has 0 radical (unpaired) electrons. The third-order valence-electron chi connectivity index (χ3n) is 5.70. The first-order valence-electron chi connectivity index (χ1n) is 10.9. The van der Waals surface area contributed by atoms with E-state index in [2.05, 4.69) is 33.0 Å². The predicted octanol–water partition coefficient (Wildman–Crippen LogP) is 1.64. The number of likely N-dealkylation sites (tertiary alicyclic amines) is 1. The van der Waals surface area contributed by atoms with Gasteiger partial charge in [-0.15, -0.1) is 10.2 Å². The van der Waals surface area contributed by atoms with Gasteiger partial charge >= 0.3 is 6.09 Å². The molecule has 0 bridgehead atoms. The number of guanidine groups is 1. The zero-order chi connectivity index (χ0) is 22.9. The number of carbonyl (C=O) groups is 1. The molecule has 1 saturated heterocycles. The van der Waals surface area contributed by atoms with Gasteiger partial charge in [0.2, 0.25) is 0 Å². The molecule has 0 atom stereocenters. The first-order chi connectivity index (χ1) is 15.5. The van der Waals surface area contributed by atoms with Crippen molar-refractivity contribution in [3.63, 3.8) is 0 Å². The van der Waals surface area contributed by atoms with Crippen molar-refractivity contribution in [2.45, 2.75) is 38.8 Å². The number of nitrogens with zero attached hydrogens (tertiary/aromatic N) is 5. The average molecular weight is 444 g/mol. The number of nitrogens with one attached hydrogen (secondary N) is 2. The van der Waals surface area contributed by atoms with Gasteiger partial charge in [0, 0.05) is 32.7 Å². The van der Waals surface area contributed by atoms with Crippen LogP contribution in [0.25, 0.3) is 0 Å². The summed E-state index contributed by atoms with van der Waals surface area (Å²) < 4.78 is 12.0. The van der Waals surface area contributed by atoms with Gasteiger partial charge in [-0.3, -0.25) is 0 Å². The van der Waals surface area contributed by atoms with Gasteiger partial charge < -0.3 is 29.6 Å².